The highest BCUT2D eigenvalue weighted by atomic mass is 127. The summed E-state index contributed by atoms with van der Waals surface area (Å²) < 4.78 is 1.16. The standard InChI is InChI=1S/C16H15ClIN/c17-13-6-7-15(18)14(9-13)16(19)12-5-4-10-2-1-3-11(10)8-12/h4-9,16H,1-3,19H2. The molecule has 0 aliphatic heterocycles. The van der Waals surface area contributed by atoms with Gasteiger partial charge in [0.15, 0.2) is 0 Å². The van der Waals surface area contributed by atoms with E-state index in [1.165, 1.54) is 36.0 Å². The van der Waals surface area contributed by atoms with Crippen LogP contribution in [0, 0.1) is 3.57 Å². The molecule has 1 nitrogen and oxygen atoms in total. The summed E-state index contributed by atoms with van der Waals surface area (Å²) in [7, 11) is 0. The summed E-state index contributed by atoms with van der Waals surface area (Å²) in [5.41, 5.74) is 11.6. The Labute approximate surface area is 132 Å². The Morgan fingerprint density at radius 1 is 1.05 bits per heavy atom. The molecule has 0 saturated carbocycles. The van der Waals surface area contributed by atoms with Crippen LogP contribution in [0.5, 0.6) is 0 Å². The average molecular weight is 384 g/mol. The maximum absolute atomic E-state index is 6.42. The number of nitrogens with two attached hydrogens (primary N) is 1. The Balaban J connectivity index is 1.99. The molecule has 3 rings (SSSR count). The van der Waals surface area contributed by atoms with E-state index in [0.29, 0.717) is 0 Å². The molecule has 0 radical (unpaired) electrons. The summed E-state index contributed by atoms with van der Waals surface area (Å²) in [6.45, 7) is 0. The second-order valence-electron chi connectivity index (χ2n) is 5.03. The molecule has 1 atom stereocenters. The fraction of sp³-hybridized carbons (Fsp3) is 0.250. The second-order valence-corrected chi connectivity index (χ2v) is 6.62. The largest absolute Gasteiger partial charge is 0.320 e. The Hall–Kier alpha value is -0.580. The molecule has 2 N–H and O–H groups in total. The molecule has 0 heterocycles. The number of aryl methyl sites for hydroxylation is 2. The third-order valence-electron chi connectivity index (χ3n) is 3.77. The molecule has 0 spiro atoms. The number of hydrogen-bond acceptors (Lipinski definition) is 1. The number of fused-ring (bicyclic) bond motifs is 1. The van der Waals surface area contributed by atoms with Gasteiger partial charge < -0.3 is 5.73 Å². The number of hydrogen-bond donors (Lipinski definition) is 1. The number of rotatable bonds is 2. The van der Waals surface area contributed by atoms with Crippen LogP contribution in [0.1, 0.15) is 34.7 Å². The van der Waals surface area contributed by atoms with Gasteiger partial charge in [0.1, 0.15) is 0 Å². The predicted octanol–water partition coefficient (Wildman–Crippen LogP) is 4.48. The maximum atomic E-state index is 6.42. The van der Waals surface area contributed by atoms with Gasteiger partial charge in [0.2, 0.25) is 0 Å². The Morgan fingerprint density at radius 3 is 2.68 bits per heavy atom. The van der Waals surface area contributed by atoms with Crippen LogP contribution in [-0.2, 0) is 12.8 Å². The molecule has 1 unspecified atom stereocenters. The molecular weight excluding hydrogens is 369 g/mol. The van der Waals surface area contributed by atoms with Crippen LogP contribution in [0.25, 0.3) is 0 Å². The van der Waals surface area contributed by atoms with Crippen molar-refractivity contribution in [3.8, 4) is 0 Å². The van der Waals surface area contributed by atoms with Crippen LogP contribution >= 0.6 is 34.2 Å². The third kappa shape index (κ3) is 2.67. The SMILES string of the molecule is NC(c1ccc2c(c1)CCC2)c1cc(Cl)ccc1I. The number of benzene rings is 2. The minimum absolute atomic E-state index is 0.100. The Bertz CT molecular complexity index is 624. The fourth-order valence-corrected chi connectivity index (χ4v) is 3.57. The maximum Gasteiger partial charge on any atom is 0.0562 e. The van der Waals surface area contributed by atoms with E-state index in [1.807, 2.05) is 18.2 Å². The van der Waals surface area contributed by atoms with Crippen LogP contribution in [0.4, 0.5) is 0 Å². The first kappa shape index (κ1) is 13.4. The monoisotopic (exact) mass is 383 g/mol. The van der Waals surface area contributed by atoms with Gasteiger partial charge in [0, 0.05) is 8.59 Å². The summed E-state index contributed by atoms with van der Waals surface area (Å²) in [6.07, 6.45) is 3.66. The van der Waals surface area contributed by atoms with Crippen LogP contribution in [0.2, 0.25) is 5.02 Å². The van der Waals surface area contributed by atoms with E-state index in [-0.39, 0.29) is 6.04 Å². The van der Waals surface area contributed by atoms with Crippen molar-refractivity contribution >= 4 is 34.2 Å². The minimum atomic E-state index is -0.100. The highest BCUT2D eigenvalue weighted by molar-refractivity contribution is 14.1. The van der Waals surface area contributed by atoms with E-state index in [2.05, 4.69) is 40.8 Å². The molecule has 0 fully saturated rings. The third-order valence-corrected chi connectivity index (χ3v) is 4.99. The summed E-state index contributed by atoms with van der Waals surface area (Å²) >= 11 is 8.40. The summed E-state index contributed by atoms with van der Waals surface area (Å²) in [5, 5.41) is 0.743. The lowest BCUT2D eigenvalue weighted by atomic mass is 9.96. The van der Waals surface area contributed by atoms with Crippen molar-refractivity contribution in [3.05, 3.63) is 67.2 Å². The molecule has 0 saturated heterocycles. The molecular formula is C16H15ClIN. The van der Waals surface area contributed by atoms with Crippen molar-refractivity contribution in [2.45, 2.75) is 25.3 Å². The van der Waals surface area contributed by atoms with Gasteiger partial charge in [-0.05, 0) is 82.3 Å². The zero-order valence-electron chi connectivity index (χ0n) is 10.5. The van der Waals surface area contributed by atoms with E-state index < -0.39 is 0 Å². The summed E-state index contributed by atoms with van der Waals surface area (Å²) in [4.78, 5) is 0. The van der Waals surface area contributed by atoms with Gasteiger partial charge in [-0.15, -0.1) is 0 Å². The normalized spacial score (nSPS) is 15.3. The van der Waals surface area contributed by atoms with Gasteiger partial charge in [-0.25, -0.2) is 0 Å². The molecule has 98 valence electrons. The van der Waals surface area contributed by atoms with Crippen molar-refractivity contribution in [1.82, 2.24) is 0 Å². The van der Waals surface area contributed by atoms with E-state index in [1.54, 1.807) is 0 Å². The quantitative estimate of drug-likeness (QED) is 0.760. The van der Waals surface area contributed by atoms with Gasteiger partial charge in [-0.3, -0.25) is 0 Å². The second kappa shape index (κ2) is 5.43. The van der Waals surface area contributed by atoms with Crippen molar-refractivity contribution < 1.29 is 0 Å². The van der Waals surface area contributed by atoms with Gasteiger partial charge >= 0.3 is 0 Å². The van der Waals surface area contributed by atoms with E-state index in [9.17, 15) is 0 Å². The van der Waals surface area contributed by atoms with Crippen molar-refractivity contribution in [2.75, 3.05) is 0 Å². The van der Waals surface area contributed by atoms with Crippen molar-refractivity contribution in [2.24, 2.45) is 5.73 Å². The van der Waals surface area contributed by atoms with Gasteiger partial charge in [0.05, 0.1) is 6.04 Å². The Morgan fingerprint density at radius 2 is 1.84 bits per heavy atom. The molecule has 2 aromatic carbocycles. The van der Waals surface area contributed by atoms with Crippen LogP contribution < -0.4 is 5.73 Å². The first-order valence-corrected chi connectivity index (χ1v) is 7.93. The summed E-state index contributed by atoms with van der Waals surface area (Å²) in [5.74, 6) is 0. The molecule has 2 aromatic rings. The molecule has 0 aromatic heterocycles. The summed E-state index contributed by atoms with van der Waals surface area (Å²) in [6, 6.07) is 12.5. The first-order chi connectivity index (χ1) is 9.15. The lowest BCUT2D eigenvalue weighted by Gasteiger charge is -2.16. The van der Waals surface area contributed by atoms with Gasteiger partial charge in [-0.2, -0.15) is 0 Å². The molecule has 1 aliphatic carbocycles. The van der Waals surface area contributed by atoms with Crippen LogP contribution in [0.15, 0.2) is 36.4 Å². The average Bonchev–Trinajstić information content (AvgIpc) is 2.88. The van der Waals surface area contributed by atoms with Gasteiger partial charge in [-0.1, -0.05) is 29.8 Å². The molecule has 1 aliphatic rings. The molecule has 3 heteroatoms. The van der Waals surface area contributed by atoms with E-state index in [4.69, 9.17) is 17.3 Å². The van der Waals surface area contributed by atoms with Crippen molar-refractivity contribution in [1.29, 1.82) is 0 Å². The predicted molar refractivity (Wildman–Crippen MR) is 88.7 cm³/mol. The molecule has 0 bridgehead atoms. The highest BCUT2D eigenvalue weighted by Gasteiger charge is 2.16. The molecule has 0 amide bonds. The van der Waals surface area contributed by atoms with E-state index in [0.717, 1.165) is 14.2 Å². The van der Waals surface area contributed by atoms with Crippen molar-refractivity contribution in [3.63, 3.8) is 0 Å². The zero-order chi connectivity index (χ0) is 13.4. The minimum Gasteiger partial charge on any atom is -0.320 e. The van der Waals surface area contributed by atoms with Gasteiger partial charge in [0.25, 0.3) is 0 Å². The number of halogens is 2. The lowest BCUT2D eigenvalue weighted by molar-refractivity contribution is 0.861. The van der Waals surface area contributed by atoms with Crippen LogP contribution in [0.3, 0.4) is 0 Å². The highest BCUT2D eigenvalue weighted by Crippen LogP contribution is 2.30. The lowest BCUT2D eigenvalue weighted by Crippen LogP contribution is -2.13. The topological polar surface area (TPSA) is 26.0 Å². The smallest absolute Gasteiger partial charge is 0.0562 e. The zero-order valence-corrected chi connectivity index (χ0v) is 13.4. The Kier molecular flexibility index (Phi) is 3.83. The van der Waals surface area contributed by atoms with Crippen LogP contribution in [-0.4, -0.2) is 0 Å². The molecule has 19 heavy (non-hydrogen) atoms. The fourth-order valence-electron chi connectivity index (χ4n) is 2.72. The van der Waals surface area contributed by atoms with E-state index >= 15 is 0 Å². The first-order valence-electron chi connectivity index (χ1n) is 6.47.